The van der Waals surface area contributed by atoms with E-state index in [0.717, 1.165) is 10.7 Å². The highest BCUT2D eigenvalue weighted by Crippen LogP contribution is 2.33. The second-order valence-corrected chi connectivity index (χ2v) is 6.73. The zero-order valence-electron chi connectivity index (χ0n) is 12.3. The molecule has 3 rings (SSSR count). The van der Waals surface area contributed by atoms with Crippen LogP contribution in [-0.4, -0.2) is 58.2 Å². The lowest BCUT2D eigenvalue weighted by Gasteiger charge is -2.21. The van der Waals surface area contributed by atoms with E-state index in [1.807, 2.05) is 0 Å². The van der Waals surface area contributed by atoms with Gasteiger partial charge in [0.15, 0.2) is 11.6 Å². The molecule has 1 aromatic carbocycles. The third-order valence-corrected chi connectivity index (χ3v) is 5.12. The summed E-state index contributed by atoms with van der Waals surface area (Å²) in [5.41, 5.74) is -0.826. The number of benzene rings is 1. The fourth-order valence-corrected chi connectivity index (χ4v) is 4.01. The van der Waals surface area contributed by atoms with Crippen LogP contribution in [0.3, 0.4) is 0 Å². The smallest absolute Gasteiger partial charge is 0.325 e. The summed E-state index contributed by atoms with van der Waals surface area (Å²) >= 11 is 1.61. The summed E-state index contributed by atoms with van der Waals surface area (Å²) in [6.45, 7) is -0.384. The number of hydrogen-bond donors (Lipinski definition) is 2. The van der Waals surface area contributed by atoms with Gasteiger partial charge < -0.3 is 15.2 Å². The van der Waals surface area contributed by atoms with Crippen LogP contribution in [0, 0.1) is 5.82 Å². The Morgan fingerprint density at radius 3 is 2.91 bits per heavy atom. The molecule has 0 aromatic heterocycles. The van der Waals surface area contributed by atoms with Gasteiger partial charge in [-0.15, -0.1) is 0 Å². The summed E-state index contributed by atoms with van der Waals surface area (Å²) in [5, 5.41) is 12.7. The molecule has 6 nitrogen and oxygen atoms in total. The third kappa shape index (κ3) is 3.13. The second-order valence-electron chi connectivity index (χ2n) is 5.63. The summed E-state index contributed by atoms with van der Waals surface area (Å²) in [4.78, 5) is 25.4. The van der Waals surface area contributed by atoms with Gasteiger partial charge in [-0.2, -0.15) is 11.8 Å². The van der Waals surface area contributed by atoms with Crippen LogP contribution in [0.1, 0.15) is 6.42 Å². The fraction of sp³-hybridized carbons (Fsp3) is 0.467. The topological polar surface area (TPSA) is 78.9 Å². The minimum atomic E-state index is -1.09. The van der Waals surface area contributed by atoms with E-state index in [2.05, 4.69) is 5.32 Å². The van der Waals surface area contributed by atoms with E-state index < -0.39 is 23.5 Å². The maximum absolute atomic E-state index is 13.4. The quantitative estimate of drug-likeness (QED) is 0.782. The van der Waals surface area contributed by atoms with Crippen LogP contribution >= 0.6 is 11.8 Å². The highest BCUT2D eigenvalue weighted by Gasteiger charge is 2.53. The second kappa shape index (κ2) is 6.37. The van der Waals surface area contributed by atoms with E-state index in [0.29, 0.717) is 12.2 Å². The van der Waals surface area contributed by atoms with Crippen molar-refractivity contribution in [2.75, 3.05) is 24.7 Å². The lowest BCUT2D eigenvalue weighted by molar-refractivity contribution is -0.131. The van der Waals surface area contributed by atoms with Crippen molar-refractivity contribution in [3.63, 3.8) is 0 Å². The number of hydrogen-bond acceptors (Lipinski definition) is 5. The first-order valence-corrected chi connectivity index (χ1v) is 8.44. The molecule has 3 amide bonds. The molecule has 0 aliphatic carbocycles. The average molecular weight is 340 g/mol. The van der Waals surface area contributed by atoms with Gasteiger partial charge in [-0.25, -0.2) is 9.18 Å². The number of nitrogens with one attached hydrogen (secondary N) is 1. The molecule has 2 heterocycles. The zero-order chi connectivity index (χ0) is 16.4. The van der Waals surface area contributed by atoms with Gasteiger partial charge in [0.1, 0.15) is 18.2 Å². The first kappa shape index (κ1) is 16.1. The van der Waals surface area contributed by atoms with Crippen molar-refractivity contribution in [2.24, 2.45) is 0 Å². The number of nitrogens with zero attached hydrogens (tertiary/aromatic N) is 1. The number of halogens is 1. The van der Waals surface area contributed by atoms with Crippen molar-refractivity contribution in [2.45, 2.75) is 18.1 Å². The molecule has 2 atom stereocenters. The molecular formula is C15H17FN2O4S. The Kier molecular flexibility index (Phi) is 4.45. The molecule has 1 spiro atoms. The van der Waals surface area contributed by atoms with E-state index >= 15 is 0 Å². The number of ether oxygens (including phenoxy) is 1. The molecule has 2 N–H and O–H groups in total. The van der Waals surface area contributed by atoms with Gasteiger partial charge in [0.05, 0.1) is 6.54 Å². The summed E-state index contributed by atoms with van der Waals surface area (Å²) < 4.78 is 18.6. The van der Waals surface area contributed by atoms with Gasteiger partial charge in [0.2, 0.25) is 0 Å². The Morgan fingerprint density at radius 1 is 1.43 bits per heavy atom. The number of aliphatic hydroxyl groups is 1. The van der Waals surface area contributed by atoms with E-state index in [9.17, 15) is 19.1 Å². The number of rotatable bonds is 5. The number of amides is 3. The first-order chi connectivity index (χ1) is 11.0. The fourth-order valence-electron chi connectivity index (χ4n) is 2.69. The number of thioether (sulfide) groups is 1. The highest BCUT2D eigenvalue weighted by atomic mass is 32.2. The first-order valence-electron chi connectivity index (χ1n) is 7.29. The molecule has 1 aromatic rings. The lowest BCUT2D eigenvalue weighted by atomic mass is 9.99. The third-order valence-electron chi connectivity index (χ3n) is 3.93. The van der Waals surface area contributed by atoms with Gasteiger partial charge in [0.25, 0.3) is 5.91 Å². The summed E-state index contributed by atoms with van der Waals surface area (Å²) in [6.07, 6.45) is -0.492. The Morgan fingerprint density at radius 2 is 2.22 bits per heavy atom. The molecule has 8 heteroatoms. The van der Waals surface area contributed by atoms with Crippen LogP contribution in [0.2, 0.25) is 0 Å². The van der Waals surface area contributed by atoms with Crippen molar-refractivity contribution in [1.82, 2.24) is 10.2 Å². The lowest BCUT2D eigenvalue weighted by Crippen LogP contribution is -2.47. The van der Waals surface area contributed by atoms with Gasteiger partial charge in [0, 0.05) is 5.75 Å². The average Bonchev–Trinajstić information content (AvgIpc) is 3.08. The maximum Gasteiger partial charge on any atom is 0.325 e. The molecule has 2 saturated heterocycles. The molecular weight excluding hydrogens is 323 g/mol. The van der Waals surface area contributed by atoms with Crippen molar-refractivity contribution in [3.8, 4) is 5.75 Å². The van der Waals surface area contributed by atoms with Crippen LogP contribution in [0.5, 0.6) is 5.75 Å². The standard InChI is InChI=1S/C15H17FN2O4S/c16-11-3-1-2-4-12(11)22-8-10(19)7-18-13(20)15(17-14(18)21)5-6-23-9-15/h1-4,10,19H,5-9H2,(H,17,21). The number of carbonyl (C=O) groups is 2. The monoisotopic (exact) mass is 340 g/mol. The van der Waals surface area contributed by atoms with Gasteiger partial charge in [-0.1, -0.05) is 12.1 Å². The number of imide groups is 1. The summed E-state index contributed by atoms with van der Waals surface area (Å²) in [6, 6.07) is 5.35. The van der Waals surface area contributed by atoms with E-state index in [-0.39, 0.29) is 24.8 Å². The number of para-hydroxylation sites is 1. The molecule has 0 radical (unpaired) electrons. The van der Waals surface area contributed by atoms with E-state index in [4.69, 9.17) is 4.74 Å². The number of carbonyl (C=O) groups excluding carboxylic acids is 2. The van der Waals surface area contributed by atoms with Crippen LogP contribution in [-0.2, 0) is 4.79 Å². The van der Waals surface area contributed by atoms with E-state index in [1.165, 1.54) is 18.2 Å². The van der Waals surface area contributed by atoms with Crippen molar-refractivity contribution in [3.05, 3.63) is 30.1 Å². The molecule has 124 valence electrons. The normalized spacial score (nSPS) is 25.0. The van der Waals surface area contributed by atoms with Crippen molar-refractivity contribution < 1.29 is 23.8 Å². The number of urea groups is 1. The molecule has 2 aliphatic rings. The summed E-state index contributed by atoms with van der Waals surface area (Å²) in [7, 11) is 0. The van der Waals surface area contributed by atoms with Crippen molar-refractivity contribution in [1.29, 1.82) is 0 Å². The Labute approximate surface area is 137 Å². The number of aliphatic hydroxyl groups excluding tert-OH is 1. The zero-order valence-corrected chi connectivity index (χ0v) is 13.1. The minimum Gasteiger partial charge on any atom is -0.488 e. The summed E-state index contributed by atoms with van der Waals surface area (Å²) in [5.74, 6) is 0.552. The minimum absolute atomic E-state index is 0.0208. The van der Waals surface area contributed by atoms with Gasteiger partial charge in [-0.3, -0.25) is 9.69 Å². The highest BCUT2D eigenvalue weighted by molar-refractivity contribution is 7.99. The molecule has 2 fully saturated rings. The van der Waals surface area contributed by atoms with E-state index in [1.54, 1.807) is 17.8 Å². The molecule has 0 saturated carbocycles. The van der Waals surface area contributed by atoms with Crippen molar-refractivity contribution >= 4 is 23.7 Å². The SMILES string of the molecule is O=C1NC2(CCSC2)C(=O)N1CC(O)COc1ccccc1F. The molecule has 2 aliphatic heterocycles. The maximum atomic E-state index is 13.4. The number of β-amino-alcohol motifs (C(OH)–C–C–N with tert-alkyl or cyclic N) is 1. The Balaban J connectivity index is 1.57. The predicted molar refractivity (Wildman–Crippen MR) is 82.8 cm³/mol. The van der Waals surface area contributed by atoms with Crippen LogP contribution in [0.4, 0.5) is 9.18 Å². The van der Waals surface area contributed by atoms with Gasteiger partial charge >= 0.3 is 6.03 Å². The van der Waals surface area contributed by atoms with Crippen LogP contribution < -0.4 is 10.1 Å². The Bertz CT molecular complexity index is 621. The van der Waals surface area contributed by atoms with Crippen LogP contribution in [0.15, 0.2) is 24.3 Å². The predicted octanol–water partition coefficient (Wildman–Crippen LogP) is 0.993. The van der Waals surface area contributed by atoms with Gasteiger partial charge in [-0.05, 0) is 24.3 Å². The largest absolute Gasteiger partial charge is 0.488 e. The van der Waals surface area contributed by atoms with Crippen LogP contribution in [0.25, 0.3) is 0 Å². The Hall–Kier alpha value is -1.80. The molecule has 2 unspecified atom stereocenters. The molecule has 23 heavy (non-hydrogen) atoms. The molecule has 0 bridgehead atoms.